The van der Waals surface area contributed by atoms with E-state index in [9.17, 15) is 8.42 Å². The smallest absolute Gasteiger partial charge is 0.263 e. The molecule has 0 saturated heterocycles. The van der Waals surface area contributed by atoms with Crippen molar-refractivity contribution < 1.29 is 13.2 Å². The number of para-hydroxylation sites is 1. The fourth-order valence-corrected chi connectivity index (χ4v) is 3.23. The Hall–Kier alpha value is -1.20. The van der Waals surface area contributed by atoms with Crippen LogP contribution in [0.3, 0.4) is 0 Å². The minimum absolute atomic E-state index is 0.114. The van der Waals surface area contributed by atoms with Crippen LogP contribution in [0.25, 0.3) is 10.9 Å². The van der Waals surface area contributed by atoms with E-state index in [2.05, 4.69) is 4.98 Å². The number of hydrogen-bond acceptors (Lipinski definition) is 3. The first kappa shape index (κ1) is 11.3. The molecule has 1 heterocycles. The summed E-state index contributed by atoms with van der Waals surface area (Å²) in [5.74, 6) is 0.590. The summed E-state index contributed by atoms with van der Waals surface area (Å²) in [5.41, 5.74) is 1.15. The van der Waals surface area contributed by atoms with Crippen molar-refractivity contribution in [2.75, 3.05) is 7.11 Å². The zero-order valence-corrected chi connectivity index (χ0v) is 10.3. The second-order valence-electron chi connectivity index (χ2n) is 3.40. The Kier molecular flexibility index (Phi) is 2.59. The molecule has 2 rings (SSSR count). The first-order chi connectivity index (χ1) is 7.45. The maximum Gasteiger partial charge on any atom is 0.263 e. The highest BCUT2D eigenvalue weighted by molar-refractivity contribution is 8.14. The van der Waals surface area contributed by atoms with Crippen LogP contribution in [0.15, 0.2) is 23.1 Å². The Labute approximate surface area is 97.6 Å². The first-order valence-corrected chi connectivity index (χ1v) is 6.86. The molecule has 1 N–H and O–H groups in total. The van der Waals surface area contributed by atoms with Crippen molar-refractivity contribution in [3.63, 3.8) is 0 Å². The number of methoxy groups -OCH3 is 1. The van der Waals surface area contributed by atoms with Gasteiger partial charge < -0.3 is 9.72 Å². The Morgan fingerprint density at radius 1 is 1.38 bits per heavy atom. The molecule has 86 valence electrons. The van der Waals surface area contributed by atoms with Crippen LogP contribution < -0.4 is 4.74 Å². The average molecular weight is 260 g/mol. The van der Waals surface area contributed by atoms with Crippen LogP contribution in [-0.2, 0) is 9.05 Å². The van der Waals surface area contributed by atoms with E-state index in [-0.39, 0.29) is 4.90 Å². The number of nitrogens with one attached hydrogen (secondary N) is 1. The van der Waals surface area contributed by atoms with E-state index in [0.717, 1.165) is 0 Å². The summed E-state index contributed by atoms with van der Waals surface area (Å²) in [6, 6.07) is 5.17. The number of aromatic amines is 1. The average Bonchev–Trinajstić information content (AvgIpc) is 2.52. The van der Waals surface area contributed by atoms with Crippen LogP contribution in [-0.4, -0.2) is 20.5 Å². The van der Waals surface area contributed by atoms with Crippen LogP contribution in [0.5, 0.6) is 5.75 Å². The SMILES string of the molecule is COc1cccc2c(S(=O)(=O)Cl)c(C)[nH]c12. The molecule has 0 fully saturated rings. The van der Waals surface area contributed by atoms with Crippen molar-refractivity contribution in [2.45, 2.75) is 11.8 Å². The lowest BCUT2D eigenvalue weighted by Crippen LogP contribution is -1.91. The molecule has 1 aromatic heterocycles. The van der Waals surface area contributed by atoms with Crippen molar-refractivity contribution in [2.24, 2.45) is 0 Å². The van der Waals surface area contributed by atoms with E-state index in [0.29, 0.717) is 22.3 Å². The van der Waals surface area contributed by atoms with Crippen LogP contribution >= 0.6 is 10.7 Å². The summed E-state index contributed by atoms with van der Waals surface area (Å²) >= 11 is 0. The van der Waals surface area contributed by atoms with Gasteiger partial charge in [-0.05, 0) is 13.0 Å². The van der Waals surface area contributed by atoms with E-state index in [4.69, 9.17) is 15.4 Å². The largest absolute Gasteiger partial charge is 0.495 e. The van der Waals surface area contributed by atoms with Gasteiger partial charge in [-0.25, -0.2) is 8.42 Å². The van der Waals surface area contributed by atoms with Crippen molar-refractivity contribution in [1.29, 1.82) is 0 Å². The molecule has 0 atom stereocenters. The molecule has 0 radical (unpaired) electrons. The Bertz CT molecular complexity index is 645. The number of ether oxygens (including phenoxy) is 1. The molecule has 0 aliphatic carbocycles. The van der Waals surface area contributed by atoms with Crippen LogP contribution in [0.4, 0.5) is 0 Å². The number of halogens is 1. The quantitative estimate of drug-likeness (QED) is 0.843. The number of aryl methyl sites for hydroxylation is 1. The lowest BCUT2D eigenvalue weighted by Gasteiger charge is -2.00. The number of benzene rings is 1. The van der Waals surface area contributed by atoms with Crippen molar-refractivity contribution in [3.8, 4) is 5.75 Å². The molecular formula is C10H10ClNO3S. The highest BCUT2D eigenvalue weighted by Crippen LogP contribution is 2.33. The Morgan fingerprint density at radius 3 is 2.62 bits per heavy atom. The van der Waals surface area contributed by atoms with E-state index in [1.54, 1.807) is 25.1 Å². The number of H-pyrrole nitrogens is 1. The van der Waals surface area contributed by atoms with Gasteiger partial charge in [0.2, 0.25) is 0 Å². The summed E-state index contributed by atoms with van der Waals surface area (Å²) in [7, 11) is 3.16. The lowest BCUT2D eigenvalue weighted by atomic mass is 10.2. The van der Waals surface area contributed by atoms with E-state index in [1.165, 1.54) is 7.11 Å². The molecule has 4 nitrogen and oxygen atoms in total. The van der Waals surface area contributed by atoms with Crippen LogP contribution in [0.1, 0.15) is 5.69 Å². The predicted molar refractivity (Wildman–Crippen MR) is 62.6 cm³/mol. The van der Waals surface area contributed by atoms with Gasteiger partial charge in [0.25, 0.3) is 9.05 Å². The zero-order chi connectivity index (χ0) is 11.9. The Balaban J connectivity index is 2.92. The maximum atomic E-state index is 11.4. The van der Waals surface area contributed by atoms with Gasteiger partial charge in [0, 0.05) is 21.8 Å². The highest BCUT2D eigenvalue weighted by atomic mass is 35.7. The third-order valence-corrected chi connectivity index (χ3v) is 3.86. The number of fused-ring (bicyclic) bond motifs is 1. The van der Waals surface area contributed by atoms with Gasteiger partial charge in [0.05, 0.1) is 12.6 Å². The minimum atomic E-state index is -3.76. The first-order valence-electron chi connectivity index (χ1n) is 4.55. The summed E-state index contributed by atoms with van der Waals surface area (Å²) in [4.78, 5) is 3.08. The van der Waals surface area contributed by atoms with Crippen molar-refractivity contribution >= 4 is 30.6 Å². The summed E-state index contributed by atoms with van der Waals surface area (Å²) in [6.45, 7) is 1.66. The molecule has 6 heteroatoms. The Morgan fingerprint density at radius 2 is 2.06 bits per heavy atom. The molecule has 0 saturated carbocycles. The minimum Gasteiger partial charge on any atom is -0.495 e. The lowest BCUT2D eigenvalue weighted by molar-refractivity contribution is 0.419. The van der Waals surface area contributed by atoms with Gasteiger partial charge in [0.15, 0.2) is 0 Å². The predicted octanol–water partition coefficient (Wildman–Crippen LogP) is 2.41. The van der Waals surface area contributed by atoms with Gasteiger partial charge in [-0.1, -0.05) is 12.1 Å². The summed E-state index contributed by atoms with van der Waals surface area (Å²) in [5, 5.41) is 0.548. The van der Waals surface area contributed by atoms with Gasteiger partial charge in [-0.15, -0.1) is 0 Å². The van der Waals surface area contributed by atoms with Crippen LogP contribution in [0, 0.1) is 6.92 Å². The standard InChI is InChI=1S/C10H10ClNO3S/c1-6-10(16(11,13)14)7-4-3-5-8(15-2)9(7)12-6/h3-5,12H,1-2H3. The fraction of sp³-hybridized carbons (Fsp3) is 0.200. The van der Waals surface area contributed by atoms with E-state index >= 15 is 0 Å². The van der Waals surface area contributed by atoms with Crippen molar-refractivity contribution in [1.82, 2.24) is 4.98 Å². The second kappa shape index (κ2) is 3.68. The van der Waals surface area contributed by atoms with Crippen LogP contribution in [0.2, 0.25) is 0 Å². The summed E-state index contributed by atoms with van der Waals surface area (Å²) < 4.78 is 28.0. The highest BCUT2D eigenvalue weighted by Gasteiger charge is 2.21. The van der Waals surface area contributed by atoms with E-state index < -0.39 is 9.05 Å². The fourth-order valence-electron chi connectivity index (χ4n) is 1.78. The van der Waals surface area contributed by atoms with Gasteiger partial charge in [-0.3, -0.25) is 0 Å². The zero-order valence-electron chi connectivity index (χ0n) is 8.74. The third kappa shape index (κ3) is 1.66. The monoisotopic (exact) mass is 259 g/mol. The molecule has 2 aromatic rings. The van der Waals surface area contributed by atoms with Crippen molar-refractivity contribution in [3.05, 3.63) is 23.9 Å². The molecule has 0 unspecified atom stereocenters. The molecule has 0 amide bonds. The topological polar surface area (TPSA) is 59.2 Å². The number of hydrogen-bond donors (Lipinski definition) is 1. The number of aromatic nitrogens is 1. The molecule has 16 heavy (non-hydrogen) atoms. The molecule has 1 aromatic carbocycles. The van der Waals surface area contributed by atoms with E-state index in [1.807, 2.05) is 0 Å². The summed E-state index contributed by atoms with van der Waals surface area (Å²) in [6.07, 6.45) is 0. The molecule has 0 bridgehead atoms. The second-order valence-corrected chi connectivity index (χ2v) is 5.90. The van der Waals surface area contributed by atoms with Gasteiger partial charge in [0.1, 0.15) is 10.6 Å². The maximum absolute atomic E-state index is 11.4. The molecule has 0 aliphatic rings. The van der Waals surface area contributed by atoms with Gasteiger partial charge >= 0.3 is 0 Å². The molecular weight excluding hydrogens is 250 g/mol. The third-order valence-electron chi connectivity index (χ3n) is 2.39. The normalized spacial score (nSPS) is 11.9. The molecule has 0 spiro atoms. The van der Waals surface area contributed by atoms with Gasteiger partial charge in [-0.2, -0.15) is 0 Å². The number of rotatable bonds is 2. The molecule has 0 aliphatic heterocycles.